The normalized spacial score (nSPS) is 11.6. The summed E-state index contributed by atoms with van der Waals surface area (Å²) in [6.45, 7) is 1.78. The Balaban J connectivity index is 2.35. The Kier molecular flexibility index (Phi) is 6.44. The third-order valence-corrected chi connectivity index (χ3v) is 4.80. The van der Waals surface area contributed by atoms with Gasteiger partial charge in [0.1, 0.15) is 0 Å². The number of hydrogen-bond acceptors (Lipinski definition) is 5. The van der Waals surface area contributed by atoms with Crippen LogP contribution in [0.2, 0.25) is 0 Å². The first-order valence-corrected chi connectivity index (χ1v) is 8.37. The fourth-order valence-electron chi connectivity index (χ4n) is 2.26. The highest BCUT2D eigenvalue weighted by Crippen LogP contribution is 2.33. The zero-order valence-corrected chi connectivity index (χ0v) is 14.8. The van der Waals surface area contributed by atoms with Crippen molar-refractivity contribution in [3.05, 3.63) is 59.7 Å². The van der Waals surface area contributed by atoms with Gasteiger partial charge in [-0.2, -0.15) is 0 Å². The summed E-state index contributed by atoms with van der Waals surface area (Å²) in [6, 6.07) is 15.6. The van der Waals surface area contributed by atoms with Crippen molar-refractivity contribution >= 4 is 23.7 Å². The van der Waals surface area contributed by atoms with Crippen molar-refractivity contribution in [3.63, 3.8) is 0 Å². The van der Waals surface area contributed by atoms with Gasteiger partial charge >= 0.3 is 11.9 Å². The van der Waals surface area contributed by atoms with E-state index in [9.17, 15) is 9.59 Å². The molecule has 0 bridgehead atoms. The molecule has 0 heterocycles. The lowest BCUT2D eigenvalue weighted by Crippen LogP contribution is -2.12. The van der Waals surface area contributed by atoms with E-state index in [0.717, 1.165) is 20.9 Å². The van der Waals surface area contributed by atoms with Gasteiger partial charge in [-0.25, -0.2) is 0 Å². The van der Waals surface area contributed by atoms with Gasteiger partial charge in [0.25, 0.3) is 0 Å². The van der Waals surface area contributed by atoms with Crippen LogP contribution in [0, 0.1) is 0 Å². The second-order valence-electron chi connectivity index (χ2n) is 5.28. The molecule has 0 saturated carbocycles. The molecule has 2 aromatic rings. The van der Waals surface area contributed by atoms with E-state index in [1.54, 1.807) is 18.7 Å². The average molecular weight is 344 g/mol. The predicted octanol–water partition coefficient (Wildman–Crippen LogP) is 3.83. The molecule has 2 rings (SSSR count). The van der Waals surface area contributed by atoms with Gasteiger partial charge in [0, 0.05) is 9.79 Å². The van der Waals surface area contributed by atoms with E-state index in [1.807, 2.05) is 48.5 Å². The molecule has 0 fully saturated rings. The van der Waals surface area contributed by atoms with E-state index >= 15 is 0 Å². The van der Waals surface area contributed by atoms with Crippen molar-refractivity contribution in [2.24, 2.45) is 0 Å². The molecule has 0 aliphatic carbocycles. The highest BCUT2D eigenvalue weighted by Gasteiger charge is 2.18. The summed E-state index contributed by atoms with van der Waals surface area (Å²) in [5, 5.41) is 0. The lowest BCUT2D eigenvalue weighted by molar-refractivity contribution is -0.142. The smallest absolute Gasteiger partial charge is 0.312 e. The Morgan fingerprint density at radius 3 is 2.38 bits per heavy atom. The van der Waals surface area contributed by atoms with Crippen LogP contribution in [0.3, 0.4) is 0 Å². The highest BCUT2D eigenvalue weighted by molar-refractivity contribution is 7.99. The van der Waals surface area contributed by atoms with Crippen LogP contribution in [0.4, 0.5) is 0 Å². The van der Waals surface area contributed by atoms with Crippen molar-refractivity contribution in [1.29, 1.82) is 0 Å². The molecular formula is C19H20O4S. The monoisotopic (exact) mass is 344 g/mol. The van der Waals surface area contributed by atoms with Gasteiger partial charge in [-0.15, -0.1) is 0 Å². The second kappa shape index (κ2) is 8.55. The fraction of sp³-hybridized carbons (Fsp3) is 0.263. The Labute approximate surface area is 146 Å². The summed E-state index contributed by atoms with van der Waals surface area (Å²) in [4.78, 5) is 25.5. The molecule has 4 nitrogen and oxygen atoms in total. The Bertz CT molecular complexity index is 713. The van der Waals surface area contributed by atoms with E-state index in [4.69, 9.17) is 9.47 Å². The Morgan fingerprint density at radius 2 is 1.75 bits per heavy atom. The van der Waals surface area contributed by atoms with E-state index < -0.39 is 0 Å². The molecule has 2 aromatic carbocycles. The molecule has 1 unspecified atom stereocenters. The van der Waals surface area contributed by atoms with E-state index in [2.05, 4.69) is 0 Å². The number of ether oxygens (including phenoxy) is 2. The SMILES string of the molecule is COC(=O)Cc1cc(C(C)C(=O)OC)ccc1Sc1ccccc1. The standard InChI is InChI=1S/C19H20O4S/c1-13(19(21)23-3)14-9-10-17(15(11-14)12-18(20)22-2)24-16-7-5-4-6-8-16/h4-11,13H,12H2,1-3H3. The molecule has 0 amide bonds. The molecule has 0 saturated heterocycles. The number of esters is 2. The van der Waals surface area contributed by atoms with E-state index in [-0.39, 0.29) is 24.3 Å². The minimum Gasteiger partial charge on any atom is -0.469 e. The van der Waals surface area contributed by atoms with Crippen molar-refractivity contribution in [2.75, 3.05) is 14.2 Å². The molecule has 24 heavy (non-hydrogen) atoms. The van der Waals surface area contributed by atoms with Gasteiger partial charge < -0.3 is 9.47 Å². The lowest BCUT2D eigenvalue weighted by atomic mass is 9.98. The number of carbonyl (C=O) groups is 2. The van der Waals surface area contributed by atoms with Crippen LogP contribution < -0.4 is 0 Å². The number of rotatable bonds is 6. The first kappa shape index (κ1) is 18.1. The van der Waals surface area contributed by atoms with Gasteiger partial charge in [0.05, 0.1) is 26.6 Å². The highest BCUT2D eigenvalue weighted by atomic mass is 32.2. The zero-order valence-electron chi connectivity index (χ0n) is 13.9. The van der Waals surface area contributed by atoms with Crippen LogP contribution >= 0.6 is 11.8 Å². The summed E-state index contributed by atoms with van der Waals surface area (Å²) < 4.78 is 9.59. The van der Waals surface area contributed by atoms with Gasteiger partial charge in [-0.1, -0.05) is 42.1 Å². The van der Waals surface area contributed by atoms with Crippen LogP contribution in [0.1, 0.15) is 24.0 Å². The van der Waals surface area contributed by atoms with Crippen molar-refractivity contribution < 1.29 is 19.1 Å². The van der Waals surface area contributed by atoms with Gasteiger partial charge in [-0.05, 0) is 36.2 Å². The Hall–Kier alpha value is -2.27. The summed E-state index contributed by atoms with van der Waals surface area (Å²) >= 11 is 1.58. The molecule has 0 aliphatic rings. The molecule has 0 spiro atoms. The Morgan fingerprint density at radius 1 is 1.04 bits per heavy atom. The summed E-state index contributed by atoms with van der Waals surface area (Å²) in [6.07, 6.45) is 0.160. The fourth-order valence-corrected chi connectivity index (χ4v) is 3.21. The van der Waals surface area contributed by atoms with Crippen LogP contribution in [-0.4, -0.2) is 26.2 Å². The molecule has 0 aliphatic heterocycles. The minimum absolute atomic E-state index is 0.160. The first-order valence-electron chi connectivity index (χ1n) is 7.55. The molecule has 126 valence electrons. The summed E-state index contributed by atoms with van der Waals surface area (Å²) in [5.41, 5.74) is 1.65. The quantitative estimate of drug-likeness (QED) is 0.746. The molecule has 5 heteroatoms. The molecular weight excluding hydrogens is 324 g/mol. The number of methoxy groups -OCH3 is 2. The van der Waals surface area contributed by atoms with Crippen LogP contribution in [-0.2, 0) is 25.5 Å². The average Bonchev–Trinajstić information content (AvgIpc) is 2.62. The third-order valence-electron chi connectivity index (χ3n) is 3.67. The van der Waals surface area contributed by atoms with Crippen molar-refractivity contribution in [1.82, 2.24) is 0 Å². The van der Waals surface area contributed by atoms with Crippen LogP contribution in [0.25, 0.3) is 0 Å². The maximum atomic E-state index is 11.8. The van der Waals surface area contributed by atoms with E-state index in [0.29, 0.717) is 0 Å². The molecule has 1 atom stereocenters. The first-order chi connectivity index (χ1) is 11.5. The van der Waals surface area contributed by atoms with Gasteiger partial charge in [0.15, 0.2) is 0 Å². The maximum Gasteiger partial charge on any atom is 0.312 e. The van der Waals surface area contributed by atoms with Crippen LogP contribution in [0.15, 0.2) is 58.3 Å². The third kappa shape index (κ3) is 4.61. The predicted molar refractivity (Wildman–Crippen MR) is 93.2 cm³/mol. The van der Waals surface area contributed by atoms with Crippen LogP contribution in [0.5, 0.6) is 0 Å². The minimum atomic E-state index is -0.387. The zero-order chi connectivity index (χ0) is 17.5. The maximum absolute atomic E-state index is 11.8. The number of hydrogen-bond donors (Lipinski definition) is 0. The number of benzene rings is 2. The molecule has 0 radical (unpaired) electrons. The number of carbonyl (C=O) groups excluding carboxylic acids is 2. The lowest BCUT2D eigenvalue weighted by Gasteiger charge is -2.14. The topological polar surface area (TPSA) is 52.6 Å². The van der Waals surface area contributed by atoms with Crippen molar-refractivity contribution in [2.45, 2.75) is 29.1 Å². The van der Waals surface area contributed by atoms with Crippen molar-refractivity contribution in [3.8, 4) is 0 Å². The van der Waals surface area contributed by atoms with Gasteiger partial charge in [0.2, 0.25) is 0 Å². The summed E-state index contributed by atoms with van der Waals surface area (Å²) in [7, 11) is 2.74. The summed E-state index contributed by atoms with van der Waals surface area (Å²) in [5.74, 6) is -1.00. The van der Waals surface area contributed by atoms with E-state index in [1.165, 1.54) is 14.2 Å². The largest absolute Gasteiger partial charge is 0.469 e. The second-order valence-corrected chi connectivity index (χ2v) is 6.40. The molecule has 0 N–H and O–H groups in total. The molecule has 0 aromatic heterocycles. The van der Waals surface area contributed by atoms with Gasteiger partial charge in [-0.3, -0.25) is 9.59 Å².